The number of nitrogens with one attached hydrogen (secondary N) is 1. The Morgan fingerprint density at radius 2 is 1.56 bits per heavy atom. The Kier molecular flexibility index (Phi) is 6.59. The number of hydrogen-bond acceptors (Lipinski definition) is 2. The highest BCUT2D eigenvalue weighted by Gasteiger charge is 2.18. The molecule has 2 aromatic carbocycles. The van der Waals surface area contributed by atoms with Crippen molar-refractivity contribution in [3.8, 4) is 0 Å². The fraction of sp³-hybridized carbons (Fsp3) is 0.381. The molecule has 134 valence electrons. The molecule has 0 aliphatic rings. The van der Waals surface area contributed by atoms with Crippen LogP contribution in [0.3, 0.4) is 0 Å². The second-order valence-electron chi connectivity index (χ2n) is 7.32. The molecule has 0 spiro atoms. The molecule has 2 nitrogen and oxygen atoms in total. The van der Waals surface area contributed by atoms with Gasteiger partial charge in [0, 0.05) is 9.92 Å². The minimum Gasteiger partial charge on any atom is -0.349 e. The lowest BCUT2D eigenvalue weighted by molar-refractivity contribution is -0.120. The van der Waals surface area contributed by atoms with Gasteiger partial charge in [-0.3, -0.25) is 4.79 Å². The first-order valence-corrected chi connectivity index (χ1v) is 9.75. The third-order valence-electron chi connectivity index (χ3n) is 4.13. The quantitative estimate of drug-likeness (QED) is 0.649. The zero-order valence-electron chi connectivity index (χ0n) is 15.5. The molecule has 1 N–H and O–H groups in total. The number of hydrogen-bond donors (Lipinski definition) is 1. The normalized spacial score (nSPS) is 14.0. The number of benzene rings is 2. The summed E-state index contributed by atoms with van der Waals surface area (Å²) < 4.78 is 0. The fourth-order valence-electron chi connectivity index (χ4n) is 2.46. The van der Waals surface area contributed by atoms with Crippen molar-refractivity contribution in [2.24, 2.45) is 0 Å². The molecular formula is C21H26ClNOS. The standard InChI is InChI=1S/C21H26ClNOS/c1-14(16-6-8-17(9-7-16)21(3,4)5)23-20(24)15(2)25-19-12-10-18(22)11-13-19/h6-15H,1-5H3,(H,23,24)/t14-,15-/m0/s1. The van der Waals surface area contributed by atoms with Crippen molar-refractivity contribution in [2.45, 2.75) is 56.2 Å². The largest absolute Gasteiger partial charge is 0.349 e. The molecule has 2 rings (SSSR count). The predicted molar refractivity (Wildman–Crippen MR) is 108 cm³/mol. The van der Waals surface area contributed by atoms with E-state index in [9.17, 15) is 4.79 Å². The molecule has 4 heteroatoms. The lowest BCUT2D eigenvalue weighted by Crippen LogP contribution is -2.33. The maximum Gasteiger partial charge on any atom is 0.233 e. The summed E-state index contributed by atoms with van der Waals surface area (Å²) in [5.74, 6) is 0.0346. The summed E-state index contributed by atoms with van der Waals surface area (Å²) in [6.45, 7) is 10.5. The van der Waals surface area contributed by atoms with Crippen molar-refractivity contribution in [2.75, 3.05) is 0 Å². The van der Waals surface area contributed by atoms with Gasteiger partial charge in [-0.15, -0.1) is 11.8 Å². The number of rotatable bonds is 5. The maximum atomic E-state index is 12.5. The average Bonchev–Trinajstić information content (AvgIpc) is 2.56. The van der Waals surface area contributed by atoms with Gasteiger partial charge in [-0.05, 0) is 54.7 Å². The van der Waals surface area contributed by atoms with Crippen molar-refractivity contribution >= 4 is 29.3 Å². The Morgan fingerprint density at radius 1 is 1.00 bits per heavy atom. The molecule has 0 bridgehead atoms. The fourth-order valence-corrected chi connectivity index (χ4v) is 3.46. The monoisotopic (exact) mass is 375 g/mol. The van der Waals surface area contributed by atoms with Crippen LogP contribution < -0.4 is 5.32 Å². The van der Waals surface area contributed by atoms with Crippen LogP contribution in [0, 0.1) is 0 Å². The third-order valence-corrected chi connectivity index (χ3v) is 5.50. The Labute approximate surface area is 160 Å². The van der Waals surface area contributed by atoms with E-state index < -0.39 is 0 Å². The molecule has 0 aromatic heterocycles. The van der Waals surface area contributed by atoms with Gasteiger partial charge < -0.3 is 5.32 Å². The lowest BCUT2D eigenvalue weighted by Gasteiger charge is -2.21. The number of amides is 1. The Bertz CT molecular complexity index is 704. The van der Waals surface area contributed by atoms with Gasteiger partial charge in [0.15, 0.2) is 0 Å². The third kappa shape index (κ3) is 5.79. The highest BCUT2D eigenvalue weighted by Crippen LogP contribution is 2.26. The summed E-state index contributed by atoms with van der Waals surface area (Å²) in [5.41, 5.74) is 2.54. The van der Waals surface area contributed by atoms with E-state index in [1.807, 2.05) is 38.1 Å². The minimum absolute atomic E-state index is 0.0187. The van der Waals surface area contributed by atoms with Crippen LogP contribution >= 0.6 is 23.4 Å². The number of carbonyl (C=O) groups excluding carboxylic acids is 1. The van der Waals surface area contributed by atoms with Gasteiger partial charge in [-0.1, -0.05) is 56.6 Å². The van der Waals surface area contributed by atoms with Gasteiger partial charge in [0.25, 0.3) is 0 Å². The van der Waals surface area contributed by atoms with Gasteiger partial charge in [0.05, 0.1) is 11.3 Å². The van der Waals surface area contributed by atoms with Gasteiger partial charge in [0.1, 0.15) is 0 Å². The minimum atomic E-state index is -0.169. The van der Waals surface area contributed by atoms with Crippen LogP contribution in [-0.2, 0) is 10.2 Å². The van der Waals surface area contributed by atoms with Gasteiger partial charge >= 0.3 is 0 Å². The molecule has 0 saturated heterocycles. The summed E-state index contributed by atoms with van der Waals surface area (Å²) >= 11 is 7.43. The van der Waals surface area contributed by atoms with E-state index in [2.05, 4.69) is 50.4 Å². The SMILES string of the molecule is C[C@H](Sc1ccc(Cl)cc1)C(=O)N[C@@H](C)c1ccc(C(C)(C)C)cc1. The molecular weight excluding hydrogens is 350 g/mol. The molecule has 0 saturated carbocycles. The van der Waals surface area contributed by atoms with Crippen LogP contribution in [0.15, 0.2) is 53.4 Å². The van der Waals surface area contributed by atoms with Crippen LogP contribution in [0.5, 0.6) is 0 Å². The van der Waals surface area contributed by atoms with Crippen molar-refractivity contribution in [1.29, 1.82) is 0 Å². The van der Waals surface area contributed by atoms with Crippen LogP contribution in [0.1, 0.15) is 51.8 Å². The number of carbonyl (C=O) groups is 1. The highest BCUT2D eigenvalue weighted by atomic mass is 35.5. The summed E-state index contributed by atoms with van der Waals surface area (Å²) in [7, 11) is 0. The number of halogens is 1. The topological polar surface area (TPSA) is 29.1 Å². The number of thioether (sulfide) groups is 1. The zero-order valence-corrected chi connectivity index (χ0v) is 17.0. The van der Waals surface area contributed by atoms with E-state index in [4.69, 9.17) is 11.6 Å². The van der Waals surface area contributed by atoms with E-state index in [0.717, 1.165) is 10.5 Å². The molecule has 2 aromatic rings. The van der Waals surface area contributed by atoms with Crippen LogP contribution in [0.25, 0.3) is 0 Å². The molecule has 25 heavy (non-hydrogen) atoms. The molecule has 0 fully saturated rings. The molecule has 0 aliphatic heterocycles. The Hall–Kier alpha value is -1.45. The summed E-state index contributed by atoms with van der Waals surface area (Å²) in [4.78, 5) is 13.5. The molecule has 1 amide bonds. The molecule has 0 aliphatic carbocycles. The van der Waals surface area contributed by atoms with Crippen molar-refractivity contribution < 1.29 is 4.79 Å². The summed E-state index contributed by atoms with van der Waals surface area (Å²) in [6.07, 6.45) is 0. The molecule has 0 radical (unpaired) electrons. The van der Waals surface area contributed by atoms with E-state index >= 15 is 0 Å². The van der Waals surface area contributed by atoms with E-state index in [-0.39, 0.29) is 22.6 Å². The van der Waals surface area contributed by atoms with Crippen LogP contribution in [0.2, 0.25) is 5.02 Å². The summed E-state index contributed by atoms with van der Waals surface area (Å²) in [6, 6.07) is 16.0. The Balaban J connectivity index is 1.95. The maximum absolute atomic E-state index is 12.5. The molecule has 0 heterocycles. The smallest absolute Gasteiger partial charge is 0.233 e. The van der Waals surface area contributed by atoms with Gasteiger partial charge in [0.2, 0.25) is 5.91 Å². The Morgan fingerprint density at radius 3 is 2.08 bits per heavy atom. The van der Waals surface area contributed by atoms with Crippen LogP contribution in [-0.4, -0.2) is 11.2 Å². The first-order chi connectivity index (χ1) is 11.7. The van der Waals surface area contributed by atoms with Crippen molar-refractivity contribution in [3.05, 3.63) is 64.7 Å². The zero-order chi connectivity index (χ0) is 18.6. The first kappa shape index (κ1) is 19.9. The van der Waals surface area contributed by atoms with Crippen molar-refractivity contribution in [1.82, 2.24) is 5.32 Å². The van der Waals surface area contributed by atoms with Gasteiger partial charge in [-0.25, -0.2) is 0 Å². The van der Waals surface area contributed by atoms with E-state index in [1.165, 1.54) is 17.3 Å². The highest BCUT2D eigenvalue weighted by molar-refractivity contribution is 8.00. The second-order valence-corrected chi connectivity index (χ2v) is 9.17. The summed E-state index contributed by atoms with van der Waals surface area (Å²) in [5, 5.41) is 3.63. The van der Waals surface area contributed by atoms with Crippen LogP contribution in [0.4, 0.5) is 0 Å². The second kappa shape index (κ2) is 8.29. The van der Waals surface area contributed by atoms with E-state index in [0.29, 0.717) is 5.02 Å². The average molecular weight is 376 g/mol. The molecule has 2 atom stereocenters. The first-order valence-electron chi connectivity index (χ1n) is 8.50. The lowest BCUT2D eigenvalue weighted by atomic mass is 9.86. The van der Waals surface area contributed by atoms with Gasteiger partial charge in [-0.2, -0.15) is 0 Å². The van der Waals surface area contributed by atoms with Crippen molar-refractivity contribution in [3.63, 3.8) is 0 Å². The molecule has 0 unspecified atom stereocenters. The predicted octanol–water partition coefficient (Wildman–Crippen LogP) is 6.00. The van der Waals surface area contributed by atoms with E-state index in [1.54, 1.807) is 0 Å².